The molecule has 0 unspecified atom stereocenters. The van der Waals surface area contributed by atoms with E-state index < -0.39 is 23.4 Å². The molecule has 150 valence electrons. The first-order valence-corrected chi connectivity index (χ1v) is 9.05. The number of halogens is 1. The monoisotopic (exact) mass is 415 g/mol. The van der Waals surface area contributed by atoms with E-state index in [-0.39, 0.29) is 16.7 Å². The van der Waals surface area contributed by atoms with Crippen LogP contribution in [0.15, 0.2) is 18.2 Å². The van der Waals surface area contributed by atoms with Gasteiger partial charge >= 0.3 is 12.2 Å². The van der Waals surface area contributed by atoms with Crippen LogP contribution >= 0.6 is 23.8 Å². The number of rotatable bonds is 3. The van der Waals surface area contributed by atoms with E-state index in [9.17, 15) is 9.59 Å². The van der Waals surface area contributed by atoms with Crippen LogP contribution < -0.4 is 11.1 Å². The molecule has 3 N–H and O–H groups in total. The predicted octanol–water partition coefficient (Wildman–Crippen LogP) is 4.67. The van der Waals surface area contributed by atoms with E-state index in [1.807, 2.05) is 0 Å². The van der Waals surface area contributed by atoms with Crippen molar-refractivity contribution in [1.29, 1.82) is 0 Å². The molecule has 1 rings (SSSR count). The summed E-state index contributed by atoms with van der Waals surface area (Å²) in [7, 11) is 0. The SMILES string of the molecule is CC(C)(C)OC(=O)N(Cc1cccc(NC(N)=S)c1Cl)C(=O)OC(C)(C)C. The Labute approximate surface area is 170 Å². The first-order chi connectivity index (χ1) is 12.2. The van der Waals surface area contributed by atoms with Crippen molar-refractivity contribution in [3.8, 4) is 0 Å². The normalized spacial score (nSPS) is 11.5. The van der Waals surface area contributed by atoms with Crippen molar-refractivity contribution in [1.82, 2.24) is 4.90 Å². The van der Waals surface area contributed by atoms with Crippen molar-refractivity contribution < 1.29 is 19.1 Å². The van der Waals surface area contributed by atoms with Gasteiger partial charge in [0.1, 0.15) is 11.2 Å². The van der Waals surface area contributed by atoms with Gasteiger partial charge in [-0.05, 0) is 65.4 Å². The van der Waals surface area contributed by atoms with Crippen LogP contribution in [0.5, 0.6) is 0 Å². The predicted molar refractivity (Wildman–Crippen MR) is 110 cm³/mol. The number of thiocarbonyl (C=S) groups is 1. The minimum Gasteiger partial charge on any atom is -0.443 e. The lowest BCUT2D eigenvalue weighted by Crippen LogP contribution is -2.43. The minimum absolute atomic E-state index is 0.0465. The average Bonchev–Trinajstić information content (AvgIpc) is 2.43. The Balaban J connectivity index is 3.19. The second-order valence-corrected chi connectivity index (χ2v) is 8.63. The van der Waals surface area contributed by atoms with Crippen molar-refractivity contribution in [2.24, 2.45) is 5.73 Å². The van der Waals surface area contributed by atoms with Gasteiger partial charge in [-0.15, -0.1) is 0 Å². The highest BCUT2D eigenvalue weighted by molar-refractivity contribution is 7.80. The molecule has 0 saturated carbocycles. The summed E-state index contributed by atoms with van der Waals surface area (Å²) in [6, 6.07) is 5.05. The largest absolute Gasteiger partial charge is 0.443 e. The van der Waals surface area contributed by atoms with Crippen LogP contribution in [0.1, 0.15) is 47.1 Å². The summed E-state index contributed by atoms with van der Waals surface area (Å²) in [6.45, 7) is 10.1. The molecule has 0 atom stereocenters. The number of amides is 2. The maximum Gasteiger partial charge on any atom is 0.420 e. The maximum absolute atomic E-state index is 12.6. The van der Waals surface area contributed by atoms with Gasteiger partial charge in [-0.3, -0.25) is 0 Å². The van der Waals surface area contributed by atoms with Crippen molar-refractivity contribution in [3.05, 3.63) is 28.8 Å². The van der Waals surface area contributed by atoms with E-state index in [1.165, 1.54) is 0 Å². The van der Waals surface area contributed by atoms with Gasteiger partial charge in [0.05, 0.1) is 17.3 Å². The van der Waals surface area contributed by atoms with E-state index >= 15 is 0 Å². The molecule has 0 bridgehead atoms. The molecule has 0 heterocycles. The van der Waals surface area contributed by atoms with E-state index in [4.69, 9.17) is 39.0 Å². The number of anilines is 1. The Morgan fingerprint density at radius 2 is 1.59 bits per heavy atom. The van der Waals surface area contributed by atoms with Gasteiger partial charge < -0.3 is 20.5 Å². The maximum atomic E-state index is 12.6. The number of carbonyl (C=O) groups excluding carboxylic acids is 2. The third kappa shape index (κ3) is 8.01. The van der Waals surface area contributed by atoms with E-state index in [0.717, 1.165) is 4.90 Å². The molecule has 0 saturated heterocycles. The average molecular weight is 416 g/mol. The molecular weight excluding hydrogens is 390 g/mol. The minimum atomic E-state index is -0.833. The fourth-order valence-electron chi connectivity index (χ4n) is 1.94. The second-order valence-electron chi connectivity index (χ2n) is 7.81. The lowest BCUT2D eigenvalue weighted by Gasteiger charge is -2.29. The number of nitrogens with two attached hydrogens (primary N) is 1. The van der Waals surface area contributed by atoms with Gasteiger partial charge in [-0.25, -0.2) is 14.5 Å². The highest BCUT2D eigenvalue weighted by atomic mass is 35.5. The van der Waals surface area contributed by atoms with Crippen LogP contribution in [-0.2, 0) is 16.0 Å². The van der Waals surface area contributed by atoms with Crippen molar-refractivity contribution >= 4 is 46.8 Å². The molecule has 0 radical (unpaired) electrons. The van der Waals surface area contributed by atoms with Crippen molar-refractivity contribution in [2.45, 2.75) is 59.3 Å². The Morgan fingerprint density at radius 3 is 2.00 bits per heavy atom. The van der Waals surface area contributed by atoms with Crippen LogP contribution in [0.25, 0.3) is 0 Å². The van der Waals surface area contributed by atoms with Crippen LogP contribution in [-0.4, -0.2) is 33.4 Å². The number of hydrogen-bond acceptors (Lipinski definition) is 5. The van der Waals surface area contributed by atoms with E-state index in [2.05, 4.69) is 5.32 Å². The lowest BCUT2D eigenvalue weighted by atomic mass is 10.2. The van der Waals surface area contributed by atoms with Crippen LogP contribution in [0.4, 0.5) is 15.3 Å². The quantitative estimate of drug-likeness (QED) is 0.692. The van der Waals surface area contributed by atoms with Crippen molar-refractivity contribution in [3.63, 3.8) is 0 Å². The molecule has 27 heavy (non-hydrogen) atoms. The third-order valence-corrected chi connectivity index (χ3v) is 3.44. The molecular formula is C18H26ClN3O4S. The second kappa shape index (κ2) is 8.75. The summed E-state index contributed by atoms with van der Waals surface area (Å²) in [5.41, 5.74) is 4.88. The first kappa shape index (κ1) is 23.0. The molecule has 2 amide bonds. The van der Waals surface area contributed by atoms with Gasteiger partial charge in [0, 0.05) is 0 Å². The molecule has 7 nitrogen and oxygen atoms in total. The molecule has 0 aliphatic rings. The number of nitrogens with zero attached hydrogens (tertiary/aromatic N) is 1. The number of carbonyl (C=O) groups is 2. The third-order valence-electron chi connectivity index (χ3n) is 2.89. The fourth-order valence-corrected chi connectivity index (χ4v) is 2.28. The molecule has 0 aromatic heterocycles. The van der Waals surface area contributed by atoms with Gasteiger partial charge in [-0.1, -0.05) is 23.7 Å². The number of benzene rings is 1. The zero-order valence-corrected chi connectivity index (χ0v) is 18.0. The van der Waals surface area contributed by atoms with Gasteiger partial charge in [-0.2, -0.15) is 0 Å². The van der Waals surface area contributed by atoms with E-state index in [0.29, 0.717) is 11.3 Å². The molecule has 9 heteroatoms. The number of imide groups is 1. The summed E-state index contributed by atoms with van der Waals surface area (Å²) in [4.78, 5) is 26.0. The summed E-state index contributed by atoms with van der Waals surface area (Å²) in [6.07, 6.45) is -1.67. The summed E-state index contributed by atoms with van der Waals surface area (Å²) >= 11 is 11.2. The Hall–Kier alpha value is -2.06. The molecule has 1 aromatic rings. The fraction of sp³-hybridized carbons (Fsp3) is 0.500. The standard InChI is InChI=1S/C18H26ClN3O4S/c1-17(2,3)25-15(23)22(16(24)26-18(4,5)6)10-11-8-7-9-12(13(11)19)21-14(20)27/h7-9H,10H2,1-6H3,(H3,20,21,27). The molecule has 0 aliphatic carbocycles. The summed E-state index contributed by atoms with van der Waals surface area (Å²) in [5, 5.41) is 3.07. The Kier molecular flexibility index (Phi) is 7.45. The molecule has 1 aromatic carbocycles. The Bertz CT molecular complexity index is 698. The van der Waals surface area contributed by atoms with Crippen molar-refractivity contribution in [2.75, 3.05) is 5.32 Å². The van der Waals surface area contributed by atoms with Gasteiger partial charge in [0.25, 0.3) is 0 Å². The van der Waals surface area contributed by atoms with Gasteiger partial charge in [0.2, 0.25) is 0 Å². The molecule has 0 spiro atoms. The Morgan fingerprint density at radius 1 is 1.11 bits per heavy atom. The lowest BCUT2D eigenvalue weighted by molar-refractivity contribution is -0.000235. The first-order valence-electron chi connectivity index (χ1n) is 8.27. The zero-order valence-electron chi connectivity index (χ0n) is 16.4. The molecule has 0 aliphatic heterocycles. The number of ether oxygens (including phenoxy) is 2. The van der Waals surface area contributed by atoms with Crippen LogP contribution in [0, 0.1) is 0 Å². The number of hydrogen-bond donors (Lipinski definition) is 2. The summed E-state index contributed by atoms with van der Waals surface area (Å²) in [5.74, 6) is 0. The summed E-state index contributed by atoms with van der Waals surface area (Å²) < 4.78 is 10.7. The number of nitrogens with one attached hydrogen (secondary N) is 1. The smallest absolute Gasteiger partial charge is 0.420 e. The van der Waals surface area contributed by atoms with Crippen LogP contribution in [0.3, 0.4) is 0 Å². The van der Waals surface area contributed by atoms with Gasteiger partial charge in [0.15, 0.2) is 5.11 Å². The zero-order chi connectivity index (χ0) is 21.0. The highest BCUT2D eigenvalue weighted by Gasteiger charge is 2.31. The van der Waals surface area contributed by atoms with E-state index in [1.54, 1.807) is 59.7 Å². The molecule has 0 fully saturated rings. The van der Waals surface area contributed by atoms with Crippen LogP contribution in [0.2, 0.25) is 5.02 Å². The highest BCUT2D eigenvalue weighted by Crippen LogP contribution is 2.28. The topological polar surface area (TPSA) is 93.9 Å².